The molecule has 0 saturated heterocycles. The summed E-state index contributed by atoms with van der Waals surface area (Å²) < 4.78 is 38.7. The first kappa shape index (κ1) is 17.4. The Labute approximate surface area is 120 Å². The van der Waals surface area contributed by atoms with Crippen LogP contribution in [-0.2, 0) is 11.8 Å². The third kappa shape index (κ3) is 5.35. The van der Waals surface area contributed by atoms with Crippen LogP contribution in [0.25, 0.3) is 0 Å². The van der Waals surface area contributed by atoms with E-state index in [0.717, 1.165) is 4.90 Å². The Hall–Kier alpha value is -1.61. The van der Waals surface area contributed by atoms with Crippen molar-refractivity contribution in [3.05, 3.63) is 11.4 Å². The summed E-state index contributed by atoms with van der Waals surface area (Å²) in [6.07, 6.45) is -4.42. The zero-order valence-corrected chi connectivity index (χ0v) is 12.2. The van der Waals surface area contributed by atoms with Gasteiger partial charge in [-0.1, -0.05) is 0 Å². The summed E-state index contributed by atoms with van der Waals surface area (Å²) in [4.78, 5) is 12.7. The van der Waals surface area contributed by atoms with Gasteiger partial charge in [-0.25, -0.2) is 0 Å². The second kappa shape index (κ2) is 6.90. The van der Waals surface area contributed by atoms with Gasteiger partial charge in [0.1, 0.15) is 0 Å². The van der Waals surface area contributed by atoms with E-state index in [1.54, 1.807) is 25.6 Å². The maximum atomic E-state index is 12.4. The van der Waals surface area contributed by atoms with Crippen LogP contribution in [0.15, 0.2) is 0 Å². The van der Waals surface area contributed by atoms with Gasteiger partial charge in [0.2, 0.25) is 5.91 Å². The van der Waals surface area contributed by atoms with E-state index in [1.165, 1.54) is 0 Å². The molecule has 0 aliphatic heterocycles. The highest BCUT2D eigenvalue weighted by Crippen LogP contribution is 2.19. The third-order valence-electron chi connectivity index (χ3n) is 2.96. The minimum Gasteiger partial charge on any atom is -0.395 e. The molecule has 9 heteroatoms. The summed E-state index contributed by atoms with van der Waals surface area (Å²) >= 11 is 0. The van der Waals surface area contributed by atoms with E-state index >= 15 is 0 Å². The number of carbonyl (C=O) groups is 1. The molecule has 0 radical (unpaired) electrons. The van der Waals surface area contributed by atoms with Crippen molar-refractivity contribution in [2.45, 2.75) is 20.0 Å². The molecule has 21 heavy (non-hydrogen) atoms. The molecule has 0 bridgehead atoms. The van der Waals surface area contributed by atoms with Gasteiger partial charge in [-0.15, -0.1) is 0 Å². The first-order valence-electron chi connectivity index (χ1n) is 6.34. The molecule has 1 amide bonds. The maximum absolute atomic E-state index is 12.4. The summed E-state index contributed by atoms with van der Waals surface area (Å²) in [5.74, 6) is -0.577. The number of hydrogen-bond acceptors (Lipinski definition) is 4. The highest BCUT2D eigenvalue weighted by atomic mass is 19.4. The lowest BCUT2D eigenvalue weighted by Gasteiger charge is -2.22. The fourth-order valence-corrected chi connectivity index (χ4v) is 1.95. The summed E-state index contributed by atoms with van der Waals surface area (Å²) in [6, 6.07) is 0. The number of nitrogens with zero attached hydrogens (tertiary/aromatic N) is 3. The van der Waals surface area contributed by atoms with Crippen LogP contribution in [-0.4, -0.2) is 58.1 Å². The predicted octanol–water partition coefficient (Wildman–Crippen LogP) is 0.832. The van der Waals surface area contributed by atoms with Crippen molar-refractivity contribution in [2.75, 3.05) is 31.6 Å². The van der Waals surface area contributed by atoms with E-state index in [-0.39, 0.29) is 6.54 Å². The molecule has 0 atom stereocenters. The fraction of sp³-hybridized carbons (Fsp3) is 0.667. The van der Waals surface area contributed by atoms with E-state index < -0.39 is 31.8 Å². The van der Waals surface area contributed by atoms with Crippen molar-refractivity contribution in [3.8, 4) is 0 Å². The number of alkyl halides is 3. The van der Waals surface area contributed by atoms with E-state index in [1.807, 2.05) is 0 Å². The van der Waals surface area contributed by atoms with Gasteiger partial charge in [0.15, 0.2) is 0 Å². The molecule has 6 nitrogen and oxygen atoms in total. The number of nitrogens with one attached hydrogen (secondary N) is 1. The zero-order valence-electron chi connectivity index (χ0n) is 12.2. The van der Waals surface area contributed by atoms with Gasteiger partial charge in [-0.05, 0) is 13.8 Å². The van der Waals surface area contributed by atoms with Crippen LogP contribution < -0.4 is 5.32 Å². The van der Waals surface area contributed by atoms with Gasteiger partial charge in [0, 0.05) is 13.6 Å². The van der Waals surface area contributed by atoms with E-state index in [4.69, 9.17) is 5.11 Å². The van der Waals surface area contributed by atoms with Crippen LogP contribution in [0, 0.1) is 13.8 Å². The number of aromatic nitrogens is 2. The second-order valence-corrected chi connectivity index (χ2v) is 4.77. The molecule has 0 unspecified atom stereocenters. The Bertz CT molecular complexity index is 499. The summed E-state index contributed by atoms with van der Waals surface area (Å²) in [7, 11) is 1.71. The average Bonchev–Trinajstić information content (AvgIpc) is 2.54. The molecule has 1 aromatic rings. The SMILES string of the molecule is Cc1nn(C)c(C)c1NC(=O)CN(CCO)CC(F)(F)F. The molecule has 0 fully saturated rings. The van der Waals surface area contributed by atoms with Gasteiger partial charge in [0.05, 0.1) is 36.8 Å². The molecule has 0 spiro atoms. The molecule has 0 saturated carbocycles. The normalized spacial score (nSPS) is 12.0. The van der Waals surface area contributed by atoms with Crippen LogP contribution in [0.2, 0.25) is 0 Å². The van der Waals surface area contributed by atoms with Gasteiger partial charge >= 0.3 is 6.18 Å². The summed E-state index contributed by atoms with van der Waals surface area (Å²) in [5, 5.41) is 15.4. The number of hydrogen-bond donors (Lipinski definition) is 2. The van der Waals surface area contributed by atoms with Gasteiger partial charge < -0.3 is 10.4 Å². The van der Waals surface area contributed by atoms with Crippen LogP contribution in [0.3, 0.4) is 0 Å². The summed E-state index contributed by atoms with van der Waals surface area (Å²) in [6.45, 7) is 1.08. The van der Waals surface area contributed by atoms with E-state index in [2.05, 4.69) is 10.4 Å². The van der Waals surface area contributed by atoms with E-state index in [9.17, 15) is 18.0 Å². The number of aliphatic hydroxyl groups excluding tert-OH is 1. The average molecular weight is 308 g/mol. The Morgan fingerprint density at radius 2 is 2.05 bits per heavy atom. The Balaban J connectivity index is 2.69. The minimum absolute atomic E-state index is 0.224. The maximum Gasteiger partial charge on any atom is 0.401 e. The molecule has 120 valence electrons. The molecule has 1 aromatic heterocycles. The second-order valence-electron chi connectivity index (χ2n) is 4.77. The standard InChI is InChI=1S/C12H19F3N4O2/c1-8-11(9(2)18(3)17-8)16-10(21)6-19(4-5-20)7-12(13,14)15/h20H,4-7H2,1-3H3,(H,16,21). The van der Waals surface area contributed by atoms with Gasteiger partial charge in [-0.2, -0.15) is 18.3 Å². The van der Waals surface area contributed by atoms with Crippen molar-refractivity contribution in [1.29, 1.82) is 0 Å². The van der Waals surface area contributed by atoms with Crippen LogP contribution in [0.4, 0.5) is 18.9 Å². The Kier molecular flexibility index (Phi) is 5.73. The largest absolute Gasteiger partial charge is 0.401 e. The molecular weight excluding hydrogens is 289 g/mol. The lowest BCUT2D eigenvalue weighted by atomic mass is 10.3. The van der Waals surface area contributed by atoms with E-state index in [0.29, 0.717) is 17.1 Å². The predicted molar refractivity (Wildman–Crippen MR) is 70.9 cm³/mol. The number of carbonyl (C=O) groups excluding carboxylic acids is 1. The zero-order chi connectivity index (χ0) is 16.2. The number of aliphatic hydroxyl groups is 1. The molecule has 0 aliphatic rings. The lowest BCUT2D eigenvalue weighted by Crippen LogP contribution is -2.41. The van der Waals surface area contributed by atoms with Gasteiger partial charge in [0.25, 0.3) is 0 Å². The molecule has 1 rings (SSSR count). The van der Waals surface area contributed by atoms with Crippen molar-refractivity contribution in [3.63, 3.8) is 0 Å². The number of halogens is 3. The van der Waals surface area contributed by atoms with Gasteiger partial charge in [-0.3, -0.25) is 14.4 Å². The first-order valence-corrected chi connectivity index (χ1v) is 6.34. The first-order chi connectivity index (χ1) is 9.64. The molecule has 2 N–H and O–H groups in total. The molecule has 0 aromatic carbocycles. The third-order valence-corrected chi connectivity index (χ3v) is 2.96. The quantitative estimate of drug-likeness (QED) is 0.817. The lowest BCUT2D eigenvalue weighted by molar-refractivity contribution is -0.148. The monoisotopic (exact) mass is 308 g/mol. The smallest absolute Gasteiger partial charge is 0.395 e. The van der Waals surface area contributed by atoms with Crippen molar-refractivity contribution in [1.82, 2.24) is 14.7 Å². The van der Waals surface area contributed by atoms with Crippen LogP contribution in [0.5, 0.6) is 0 Å². The number of rotatable bonds is 6. The highest BCUT2D eigenvalue weighted by molar-refractivity contribution is 5.93. The molecule has 1 heterocycles. The number of amides is 1. The van der Waals surface area contributed by atoms with Crippen LogP contribution in [0.1, 0.15) is 11.4 Å². The molecular formula is C12H19F3N4O2. The van der Waals surface area contributed by atoms with Crippen molar-refractivity contribution in [2.24, 2.45) is 7.05 Å². The van der Waals surface area contributed by atoms with Crippen LogP contribution >= 0.6 is 0 Å². The molecule has 0 aliphatic carbocycles. The highest BCUT2D eigenvalue weighted by Gasteiger charge is 2.31. The fourth-order valence-electron chi connectivity index (χ4n) is 1.95. The topological polar surface area (TPSA) is 70.4 Å². The number of anilines is 1. The number of aryl methyl sites for hydroxylation is 2. The Morgan fingerprint density at radius 3 is 2.48 bits per heavy atom. The van der Waals surface area contributed by atoms with Crippen molar-refractivity contribution < 1.29 is 23.1 Å². The summed E-state index contributed by atoms with van der Waals surface area (Å²) in [5.41, 5.74) is 1.80. The Morgan fingerprint density at radius 1 is 1.43 bits per heavy atom. The minimum atomic E-state index is -4.42. The van der Waals surface area contributed by atoms with Crippen molar-refractivity contribution >= 4 is 11.6 Å².